The van der Waals surface area contributed by atoms with Crippen LogP contribution in [0.15, 0.2) is 70.7 Å². The lowest BCUT2D eigenvalue weighted by molar-refractivity contribution is -0.112. The molecule has 5 nitrogen and oxygen atoms in total. The molecule has 0 saturated heterocycles. The Morgan fingerprint density at radius 3 is 2.63 bits per heavy atom. The topological polar surface area (TPSA) is 89.8 Å². The summed E-state index contributed by atoms with van der Waals surface area (Å²) in [4.78, 5) is 12.4. The van der Waals surface area contributed by atoms with E-state index in [1.807, 2.05) is 18.2 Å². The van der Waals surface area contributed by atoms with Crippen molar-refractivity contribution in [3.05, 3.63) is 82.6 Å². The summed E-state index contributed by atoms with van der Waals surface area (Å²) in [5.41, 5.74) is 1.29. The highest BCUT2D eigenvalue weighted by Crippen LogP contribution is 2.26. The van der Waals surface area contributed by atoms with Gasteiger partial charge < -0.3 is 9.73 Å². The number of anilines is 1. The minimum atomic E-state index is -0.624. The molecule has 0 aliphatic rings. The smallest absolute Gasteiger partial charge is 0.266 e. The third-order valence-corrected chi connectivity index (χ3v) is 3.92. The molecule has 0 unspecified atom stereocenters. The standard InChI is InChI=1S/C21H12ClN3O2/c22-17-6-3-5-14(10-17)20-9-8-18(27-20)11-16(13-24)21(26)25-19-7-2-1-4-15(19)12-23/h1-11H,(H,25,26)/b16-11+. The van der Waals surface area contributed by atoms with Crippen LogP contribution in [0, 0.1) is 22.7 Å². The molecular formula is C21H12ClN3O2. The second kappa shape index (κ2) is 8.05. The highest BCUT2D eigenvalue weighted by atomic mass is 35.5. The summed E-state index contributed by atoms with van der Waals surface area (Å²) >= 11 is 5.98. The number of nitrogens with zero attached hydrogens (tertiary/aromatic N) is 2. The van der Waals surface area contributed by atoms with Crippen molar-refractivity contribution in [3.8, 4) is 23.5 Å². The largest absolute Gasteiger partial charge is 0.457 e. The molecule has 130 valence electrons. The number of para-hydroxylation sites is 1. The molecule has 0 aliphatic carbocycles. The van der Waals surface area contributed by atoms with Crippen molar-refractivity contribution in [2.45, 2.75) is 0 Å². The normalized spacial score (nSPS) is 10.7. The number of carbonyl (C=O) groups excluding carboxylic acids is 1. The molecule has 0 bridgehead atoms. The lowest BCUT2D eigenvalue weighted by Gasteiger charge is -2.05. The molecule has 27 heavy (non-hydrogen) atoms. The molecule has 1 heterocycles. The highest BCUT2D eigenvalue weighted by Gasteiger charge is 2.13. The first-order valence-corrected chi connectivity index (χ1v) is 8.26. The number of halogens is 1. The zero-order valence-electron chi connectivity index (χ0n) is 13.9. The maximum Gasteiger partial charge on any atom is 0.266 e. The quantitative estimate of drug-likeness (QED) is 0.513. The fourth-order valence-corrected chi connectivity index (χ4v) is 2.59. The van der Waals surface area contributed by atoms with Gasteiger partial charge in [-0.05, 0) is 36.4 Å². The third-order valence-electron chi connectivity index (χ3n) is 3.68. The van der Waals surface area contributed by atoms with E-state index in [0.717, 1.165) is 5.56 Å². The van der Waals surface area contributed by atoms with Gasteiger partial charge >= 0.3 is 0 Å². The molecule has 0 fully saturated rings. The second-order valence-electron chi connectivity index (χ2n) is 5.49. The van der Waals surface area contributed by atoms with Crippen LogP contribution in [0.5, 0.6) is 0 Å². The second-order valence-corrected chi connectivity index (χ2v) is 5.93. The van der Waals surface area contributed by atoms with Gasteiger partial charge in [-0.1, -0.05) is 35.9 Å². The average Bonchev–Trinajstić information content (AvgIpc) is 3.15. The summed E-state index contributed by atoms with van der Waals surface area (Å²) in [5.74, 6) is 0.294. The van der Waals surface area contributed by atoms with Crippen LogP contribution < -0.4 is 5.32 Å². The molecule has 2 aromatic carbocycles. The number of hydrogen-bond acceptors (Lipinski definition) is 4. The maximum absolute atomic E-state index is 12.4. The number of rotatable bonds is 4. The molecule has 0 spiro atoms. The average molecular weight is 374 g/mol. The van der Waals surface area contributed by atoms with Gasteiger partial charge in [0.2, 0.25) is 0 Å². The minimum absolute atomic E-state index is 0.144. The first-order valence-electron chi connectivity index (χ1n) is 7.89. The molecule has 0 radical (unpaired) electrons. The molecule has 1 aromatic heterocycles. The predicted octanol–water partition coefficient (Wildman–Crippen LogP) is 5.02. The van der Waals surface area contributed by atoms with E-state index in [0.29, 0.717) is 27.8 Å². The number of benzene rings is 2. The van der Waals surface area contributed by atoms with Gasteiger partial charge in [0.15, 0.2) is 0 Å². The maximum atomic E-state index is 12.4. The number of carbonyl (C=O) groups is 1. The van der Waals surface area contributed by atoms with E-state index in [4.69, 9.17) is 21.3 Å². The van der Waals surface area contributed by atoms with Gasteiger partial charge in [-0.15, -0.1) is 0 Å². The SMILES string of the molecule is N#C/C(=C\c1ccc(-c2cccc(Cl)c2)o1)C(=O)Nc1ccccc1C#N. The number of hydrogen-bond donors (Lipinski definition) is 1. The number of amides is 1. The monoisotopic (exact) mass is 373 g/mol. The Kier molecular flexibility index (Phi) is 5.37. The van der Waals surface area contributed by atoms with Crippen LogP contribution in [0.25, 0.3) is 17.4 Å². The number of nitrogens with one attached hydrogen (secondary N) is 1. The van der Waals surface area contributed by atoms with Crippen LogP contribution in [0.3, 0.4) is 0 Å². The molecule has 3 aromatic rings. The molecule has 6 heteroatoms. The van der Waals surface area contributed by atoms with E-state index >= 15 is 0 Å². The van der Waals surface area contributed by atoms with E-state index in [1.54, 1.807) is 54.6 Å². The van der Waals surface area contributed by atoms with Crippen molar-refractivity contribution in [3.63, 3.8) is 0 Å². The Bertz CT molecular complexity index is 1120. The fraction of sp³-hybridized carbons (Fsp3) is 0. The van der Waals surface area contributed by atoms with Gasteiger partial charge in [0.25, 0.3) is 5.91 Å². The van der Waals surface area contributed by atoms with Gasteiger partial charge in [0.05, 0.1) is 11.3 Å². The van der Waals surface area contributed by atoms with E-state index in [9.17, 15) is 10.1 Å². The van der Waals surface area contributed by atoms with Crippen molar-refractivity contribution in [2.75, 3.05) is 5.32 Å². The molecular weight excluding hydrogens is 362 g/mol. The van der Waals surface area contributed by atoms with Gasteiger partial charge in [0, 0.05) is 16.7 Å². The first-order chi connectivity index (χ1) is 13.1. The van der Waals surface area contributed by atoms with Crippen molar-refractivity contribution < 1.29 is 9.21 Å². The minimum Gasteiger partial charge on any atom is -0.457 e. The van der Waals surface area contributed by atoms with Crippen LogP contribution in [0.4, 0.5) is 5.69 Å². The number of nitriles is 2. The zero-order chi connectivity index (χ0) is 19.2. The Morgan fingerprint density at radius 1 is 1.07 bits per heavy atom. The van der Waals surface area contributed by atoms with Crippen molar-refractivity contribution >= 4 is 29.3 Å². The van der Waals surface area contributed by atoms with Crippen molar-refractivity contribution in [1.29, 1.82) is 10.5 Å². The third kappa shape index (κ3) is 4.24. The summed E-state index contributed by atoms with van der Waals surface area (Å²) in [6.07, 6.45) is 1.35. The molecule has 3 rings (SSSR count). The van der Waals surface area contributed by atoms with Gasteiger partial charge in [-0.2, -0.15) is 10.5 Å². The fourth-order valence-electron chi connectivity index (χ4n) is 2.40. The Labute approximate surface area is 160 Å². The van der Waals surface area contributed by atoms with E-state index in [-0.39, 0.29) is 5.57 Å². The summed E-state index contributed by atoms with van der Waals surface area (Å²) in [6.45, 7) is 0. The molecule has 0 atom stereocenters. The van der Waals surface area contributed by atoms with Crippen molar-refractivity contribution in [1.82, 2.24) is 0 Å². The van der Waals surface area contributed by atoms with Gasteiger partial charge in [0.1, 0.15) is 29.2 Å². The number of furan rings is 1. The summed E-state index contributed by atoms with van der Waals surface area (Å²) in [6, 6.07) is 20.9. The van der Waals surface area contributed by atoms with E-state index in [2.05, 4.69) is 5.32 Å². The molecule has 0 aliphatic heterocycles. The summed E-state index contributed by atoms with van der Waals surface area (Å²) in [5, 5.41) is 21.6. The lowest BCUT2D eigenvalue weighted by Crippen LogP contribution is -2.14. The van der Waals surface area contributed by atoms with Crippen LogP contribution in [0.1, 0.15) is 11.3 Å². The molecule has 1 N–H and O–H groups in total. The Balaban J connectivity index is 1.84. The van der Waals surface area contributed by atoms with Gasteiger partial charge in [-0.25, -0.2) is 0 Å². The lowest BCUT2D eigenvalue weighted by atomic mass is 10.1. The van der Waals surface area contributed by atoms with Crippen LogP contribution in [-0.4, -0.2) is 5.91 Å². The molecule has 0 saturated carbocycles. The molecule has 1 amide bonds. The highest BCUT2D eigenvalue weighted by molar-refractivity contribution is 6.30. The Morgan fingerprint density at radius 2 is 1.89 bits per heavy atom. The van der Waals surface area contributed by atoms with Crippen LogP contribution in [-0.2, 0) is 4.79 Å². The zero-order valence-corrected chi connectivity index (χ0v) is 14.7. The predicted molar refractivity (Wildman–Crippen MR) is 103 cm³/mol. The van der Waals surface area contributed by atoms with Crippen LogP contribution in [0.2, 0.25) is 5.02 Å². The Hall–Kier alpha value is -3.80. The van der Waals surface area contributed by atoms with E-state index in [1.165, 1.54) is 6.08 Å². The first kappa shape index (κ1) is 18.0. The summed E-state index contributed by atoms with van der Waals surface area (Å²) in [7, 11) is 0. The van der Waals surface area contributed by atoms with Gasteiger partial charge in [-0.3, -0.25) is 4.79 Å². The van der Waals surface area contributed by atoms with Crippen LogP contribution >= 0.6 is 11.6 Å². The van der Waals surface area contributed by atoms with E-state index < -0.39 is 5.91 Å². The summed E-state index contributed by atoms with van der Waals surface area (Å²) < 4.78 is 5.68. The van der Waals surface area contributed by atoms with Crippen molar-refractivity contribution in [2.24, 2.45) is 0 Å².